The second-order valence-electron chi connectivity index (χ2n) is 13.8. The Morgan fingerprint density at radius 1 is 0.818 bits per heavy atom. The standard InChI is InChI=1S/C42H55ClN6O6/c1-3-5-13-24-46(25-14-6-4-2)40(52)33-22-26-48(41(53)49(35-19-11-8-12-20-35)36-21-15-18-34(43)29-36)37(28-33)39(51)45-23-27-47(30-38(44)50)42(54)55-31-32-16-9-7-10-17-32/h7-12,15-21,29,33,37H,3-6,13-14,22-28,30-31H2,1-2H3,(H2,44,50)(H,45,51). The molecule has 0 spiro atoms. The molecule has 0 aliphatic carbocycles. The van der Waals surface area contributed by atoms with Gasteiger partial charge in [-0.05, 0) is 61.6 Å². The number of likely N-dealkylation sites (tertiary alicyclic amines) is 1. The second kappa shape index (κ2) is 22.3. The molecule has 55 heavy (non-hydrogen) atoms. The highest BCUT2D eigenvalue weighted by Gasteiger charge is 2.42. The van der Waals surface area contributed by atoms with Crippen LogP contribution in [0.3, 0.4) is 0 Å². The Morgan fingerprint density at radius 2 is 1.45 bits per heavy atom. The number of amides is 6. The first-order valence-corrected chi connectivity index (χ1v) is 19.7. The van der Waals surface area contributed by atoms with E-state index in [2.05, 4.69) is 19.2 Å². The number of urea groups is 1. The molecule has 2 unspecified atom stereocenters. The summed E-state index contributed by atoms with van der Waals surface area (Å²) in [4.78, 5) is 74.0. The van der Waals surface area contributed by atoms with Gasteiger partial charge in [-0.3, -0.25) is 24.2 Å². The number of hydrogen-bond acceptors (Lipinski definition) is 6. The number of carbonyl (C=O) groups is 5. The summed E-state index contributed by atoms with van der Waals surface area (Å²) >= 11 is 6.38. The third kappa shape index (κ3) is 13.0. The van der Waals surface area contributed by atoms with Gasteiger partial charge in [-0.1, -0.05) is 106 Å². The van der Waals surface area contributed by atoms with Gasteiger partial charge in [0.15, 0.2) is 0 Å². The van der Waals surface area contributed by atoms with E-state index in [4.69, 9.17) is 22.1 Å². The lowest BCUT2D eigenvalue weighted by atomic mass is 9.88. The van der Waals surface area contributed by atoms with E-state index in [9.17, 15) is 24.0 Å². The van der Waals surface area contributed by atoms with Gasteiger partial charge in [-0.2, -0.15) is 0 Å². The summed E-state index contributed by atoms with van der Waals surface area (Å²) in [6.45, 7) is 5.17. The summed E-state index contributed by atoms with van der Waals surface area (Å²) in [5, 5.41) is 3.31. The Morgan fingerprint density at radius 3 is 2.07 bits per heavy atom. The first kappa shape index (κ1) is 42.6. The average Bonchev–Trinajstić information content (AvgIpc) is 3.19. The van der Waals surface area contributed by atoms with Crippen LogP contribution in [0.5, 0.6) is 0 Å². The van der Waals surface area contributed by atoms with Crippen LogP contribution in [0.2, 0.25) is 5.02 Å². The monoisotopic (exact) mass is 774 g/mol. The molecular formula is C42H55ClN6O6. The number of rotatable bonds is 19. The number of ether oxygens (including phenoxy) is 1. The molecule has 1 aliphatic heterocycles. The minimum absolute atomic E-state index is 0.000608. The fraction of sp³-hybridized carbons (Fsp3) is 0.452. The highest BCUT2D eigenvalue weighted by molar-refractivity contribution is 6.31. The molecule has 6 amide bonds. The van der Waals surface area contributed by atoms with Gasteiger partial charge < -0.3 is 25.6 Å². The van der Waals surface area contributed by atoms with E-state index in [1.807, 2.05) is 53.4 Å². The van der Waals surface area contributed by atoms with E-state index in [0.717, 1.165) is 49.0 Å². The number of nitrogens with one attached hydrogen (secondary N) is 1. The van der Waals surface area contributed by atoms with Gasteiger partial charge in [-0.15, -0.1) is 0 Å². The lowest BCUT2D eigenvalue weighted by Crippen LogP contribution is -2.58. The van der Waals surface area contributed by atoms with E-state index < -0.39 is 42.4 Å². The molecular weight excluding hydrogens is 720 g/mol. The highest BCUT2D eigenvalue weighted by Crippen LogP contribution is 2.33. The number of carbonyl (C=O) groups excluding carboxylic acids is 5. The predicted octanol–water partition coefficient (Wildman–Crippen LogP) is 7.13. The van der Waals surface area contributed by atoms with Crippen molar-refractivity contribution in [3.05, 3.63) is 95.5 Å². The van der Waals surface area contributed by atoms with Crippen LogP contribution in [0, 0.1) is 5.92 Å². The van der Waals surface area contributed by atoms with Crippen molar-refractivity contribution in [1.82, 2.24) is 20.0 Å². The molecule has 1 heterocycles. The molecule has 2 atom stereocenters. The maximum atomic E-state index is 14.7. The van der Waals surface area contributed by atoms with Gasteiger partial charge in [0, 0.05) is 43.7 Å². The number of halogens is 1. The number of primary amides is 1. The molecule has 4 rings (SSSR count). The third-order valence-electron chi connectivity index (χ3n) is 9.64. The Hall–Kier alpha value is -5.10. The zero-order chi connectivity index (χ0) is 39.6. The molecule has 0 radical (unpaired) electrons. The van der Waals surface area contributed by atoms with Crippen molar-refractivity contribution in [3.63, 3.8) is 0 Å². The molecule has 0 bridgehead atoms. The molecule has 12 nitrogen and oxygen atoms in total. The Kier molecular flexibility index (Phi) is 17.3. The minimum atomic E-state index is -1.01. The van der Waals surface area contributed by atoms with Gasteiger partial charge in [0.05, 0.1) is 11.4 Å². The Bertz CT molecular complexity index is 1690. The Labute approximate surface area is 329 Å². The lowest BCUT2D eigenvalue weighted by Gasteiger charge is -2.41. The molecule has 13 heteroatoms. The van der Waals surface area contributed by atoms with Crippen molar-refractivity contribution in [1.29, 1.82) is 0 Å². The predicted molar refractivity (Wildman–Crippen MR) is 215 cm³/mol. The van der Waals surface area contributed by atoms with Crippen molar-refractivity contribution in [2.24, 2.45) is 11.7 Å². The normalized spacial score (nSPS) is 15.1. The number of anilines is 2. The molecule has 1 saturated heterocycles. The van der Waals surface area contributed by atoms with E-state index in [1.54, 1.807) is 36.4 Å². The van der Waals surface area contributed by atoms with Gasteiger partial charge >= 0.3 is 12.1 Å². The molecule has 0 saturated carbocycles. The zero-order valence-corrected chi connectivity index (χ0v) is 32.8. The molecule has 296 valence electrons. The summed E-state index contributed by atoms with van der Waals surface area (Å²) in [5.74, 6) is -1.69. The van der Waals surface area contributed by atoms with Gasteiger partial charge in [-0.25, -0.2) is 9.59 Å². The maximum absolute atomic E-state index is 14.7. The van der Waals surface area contributed by atoms with Crippen molar-refractivity contribution >= 4 is 52.8 Å². The number of para-hydroxylation sites is 1. The summed E-state index contributed by atoms with van der Waals surface area (Å²) in [7, 11) is 0. The van der Waals surface area contributed by atoms with Crippen LogP contribution in [0.15, 0.2) is 84.9 Å². The smallest absolute Gasteiger partial charge is 0.410 e. The molecule has 0 aromatic heterocycles. The molecule has 3 N–H and O–H groups in total. The van der Waals surface area contributed by atoms with Crippen molar-refractivity contribution in [2.75, 3.05) is 44.2 Å². The fourth-order valence-electron chi connectivity index (χ4n) is 6.72. The summed E-state index contributed by atoms with van der Waals surface area (Å²) in [5.41, 5.74) is 7.32. The van der Waals surface area contributed by atoms with E-state index in [-0.39, 0.29) is 38.6 Å². The van der Waals surface area contributed by atoms with E-state index in [0.29, 0.717) is 35.9 Å². The van der Waals surface area contributed by atoms with Crippen LogP contribution in [-0.2, 0) is 25.7 Å². The summed E-state index contributed by atoms with van der Waals surface area (Å²) in [6, 6.07) is 23.7. The highest BCUT2D eigenvalue weighted by atomic mass is 35.5. The second-order valence-corrected chi connectivity index (χ2v) is 14.3. The zero-order valence-electron chi connectivity index (χ0n) is 32.0. The van der Waals surface area contributed by atoms with Gasteiger partial charge in [0.25, 0.3) is 0 Å². The molecule has 3 aromatic rings. The van der Waals surface area contributed by atoms with Crippen LogP contribution < -0.4 is 16.0 Å². The van der Waals surface area contributed by atoms with Crippen LogP contribution >= 0.6 is 11.6 Å². The molecule has 1 fully saturated rings. The molecule has 1 aliphatic rings. The van der Waals surface area contributed by atoms with Crippen molar-refractivity contribution in [2.45, 2.75) is 77.9 Å². The number of nitrogens with zero attached hydrogens (tertiary/aromatic N) is 4. The first-order chi connectivity index (χ1) is 26.6. The third-order valence-corrected chi connectivity index (χ3v) is 9.87. The van der Waals surface area contributed by atoms with Gasteiger partial charge in [0.1, 0.15) is 19.2 Å². The largest absolute Gasteiger partial charge is 0.445 e. The summed E-state index contributed by atoms with van der Waals surface area (Å²) < 4.78 is 5.42. The maximum Gasteiger partial charge on any atom is 0.410 e. The van der Waals surface area contributed by atoms with E-state index >= 15 is 0 Å². The summed E-state index contributed by atoms with van der Waals surface area (Å²) in [6.07, 6.45) is 5.65. The van der Waals surface area contributed by atoms with Crippen molar-refractivity contribution in [3.8, 4) is 0 Å². The first-order valence-electron chi connectivity index (χ1n) is 19.3. The Balaban J connectivity index is 1.57. The van der Waals surface area contributed by atoms with Crippen LogP contribution in [0.25, 0.3) is 0 Å². The average molecular weight is 775 g/mol. The van der Waals surface area contributed by atoms with Crippen molar-refractivity contribution < 1.29 is 28.7 Å². The van der Waals surface area contributed by atoms with Gasteiger partial charge in [0.2, 0.25) is 17.7 Å². The minimum Gasteiger partial charge on any atom is -0.445 e. The number of hydrogen-bond donors (Lipinski definition) is 2. The SMILES string of the molecule is CCCCCN(CCCCC)C(=O)C1CCN(C(=O)N(c2ccccc2)c2cccc(Cl)c2)C(C(=O)NCCN(CC(N)=O)C(=O)OCc2ccccc2)C1. The topological polar surface area (TPSA) is 146 Å². The molecule has 3 aromatic carbocycles. The van der Waals surface area contributed by atoms with E-state index in [1.165, 1.54) is 9.80 Å². The number of benzene rings is 3. The fourth-order valence-corrected chi connectivity index (χ4v) is 6.90. The number of piperidine rings is 1. The van der Waals surface area contributed by atoms with Crippen LogP contribution in [-0.4, -0.2) is 89.9 Å². The van der Waals surface area contributed by atoms with Crippen LogP contribution in [0.4, 0.5) is 21.0 Å². The number of nitrogens with two attached hydrogens (primary N) is 1. The quantitative estimate of drug-likeness (QED) is 0.124. The number of unbranched alkanes of at least 4 members (excludes halogenated alkanes) is 4. The lowest BCUT2D eigenvalue weighted by molar-refractivity contribution is -0.139. The van der Waals surface area contributed by atoms with Crippen LogP contribution in [0.1, 0.15) is 70.8 Å².